The van der Waals surface area contributed by atoms with Gasteiger partial charge < -0.3 is 29.7 Å². The molecule has 0 spiro atoms. The number of fused-ring (bicyclic) bond motifs is 3. The number of rotatable bonds is 7. The quantitative estimate of drug-likeness (QED) is 0.230. The lowest BCUT2D eigenvalue weighted by atomic mass is 9.70. The Labute approximate surface area is 208 Å². The fourth-order valence-electron chi connectivity index (χ4n) is 4.53. The highest BCUT2D eigenvalue weighted by molar-refractivity contribution is 6.31. The second kappa shape index (κ2) is 9.07. The van der Waals surface area contributed by atoms with Crippen molar-refractivity contribution in [1.82, 2.24) is 5.32 Å². The van der Waals surface area contributed by atoms with Gasteiger partial charge in [-0.2, -0.15) is 0 Å². The Bertz CT molecular complexity index is 1350. The van der Waals surface area contributed by atoms with Crippen LogP contribution in [0.3, 0.4) is 0 Å². The van der Waals surface area contributed by atoms with Crippen LogP contribution >= 0.6 is 0 Å². The molecule has 1 heterocycles. The highest BCUT2D eigenvalue weighted by Crippen LogP contribution is 2.57. The number of Topliss-reactive ketones (excluding diaryl/α,β-unsaturated/α-hetero) is 2. The summed E-state index contributed by atoms with van der Waals surface area (Å²) in [5, 5.41) is 24.4. The molecule has 0 radical (unpaired) electrons. The average Bonchev–Trinajstić information content (AvgIpc) is 3.13. The minimum atomic E-state index is -1.55. The molecule has 3 N–H and O–H groups in total. The number of carbonyl (C=O) groups is 3. The number of aromatic hydroxyl groups is 2. The molecule has 2 aliphatic rings. The number of carbonyl (C=O) groups excluding carboxylic acids is 3. The molecular formula is C27H27NO8. The van der Waals surface area contributed by atoms with E-state index in [9.17, 15) is 24.6 Å². The van der Waals surface area contributed by atoms with Crippen LogP contribution in [0.1, 0.15) is 42.3 Å². The molecule has 2 aromatic carbocycles. The van der Waals surface area contributed by atoms with Crippen LogP contribution in [0.4, 0.5) is 0 Å². The van der Waals surface area contributed by atoms with Crippen LogP contribution in [-0.2, 0) is 15.0 Å². The van der Waals surface area contributed by atoms with Gasteiger partial charge in [0.1, 0.15) is 52.1 Å². The Kier molecular flexibility index (Phi) is 6.26. The van der Waals surface area contributed by atoms with Gasteiger partial charge in [0.2, 0.25) is 0 Å². The van der Waals surface area contributed by atoms with Gasteiger partial charge in [0.25, 0.3) is 0 Å². The Morgan fingerprint density at radius 1 is 1.08 bits per heavy atom. The third kappa shape index (κ3) is 3.77. The Hall–Kier alpha value is -4.27. The molecule has 9 nitrogen and oxygen atoms in total. The molecule has 0 fully saturated rings. The lowest BCUT2D eigenvalue weighted by Gasteiger charge is -2.29. The largest absolute Gasteiger partial charge is 0.507 e. The van der Waals surface area contributed by atoms with E-state index in [1.54, 1.807) is 38.3 Å². The van der Waals surface area contributed by atoms with E-state index in [1.165, 1.54) is 26.8 Å². The third-order valence-corrected chi connectivity index (χ3v) is 6.58. The highest BCUT2D eigenvalue weighted by Gasteiger charge is 2.56. The molecule has 1 atom stereocenters. The molecule has 1 aliphatic heterocycles. The summed E-state index contributed by atoms with van der Waals surface area (Å²) in [7, 11) is 1.58. The smallest absolute Gasteiger partial charge is 0.194 e. The number of nitrogens with one attached hydrogen (secondary N) is 1. The van der Waals surface area contributed by atoms with Gasteiger partial charge in [-0.15, -0.1) is 0 Å². The van der Waals surface area contributed by atoms with Crippen LogP contribution in [0.15, 0.2) is 47.4 Å². The van der Waals surface area contributed by atoms with Crippen molar-refractivity contribution in [2.45, 2.75) is 33.1 Å². The van der Waals surface area contributed by atoms with Crippen molar-refractivity contribution in [3.63, 3.8) is 0 Å². The SMILES string of the molecule is COc1ccc(OCCNC(C)=C2C(=O)C=C3Oc4c(C(C)=O)c(O)c(C)c(O)c4C3(C)C2=O)cc1. The number of phenols is 2. The Morgan fingerprint density at radius 2 is 1.72 bits per heavy atom. The molecule has 9 heteroatoms. The molecule has 0 aromatic heterocycles. The number of ether oxygens (including phenoxy) is 3. The highest BCUT2D eigenvalue weighted by atomic mass is 16.5. The summed E-state index contributed by atoms with van der Waals surface area (Å²) in [6.45, 7) is 6.40. The van der Waals surface area contributed by atoms with Gasteiger partial charge in [-0.05, 0) is 52.0 Å². The monoisotopic (exact) mass is 493 g/mol. The van der Waals surface area contributed by atoms with Crippen LogP contribution in [0.25, 0.3) is 0 Å². The van der Waals surface area contributed by atoms with Crippen molar-refractivity contribution in [3.8, 4) is 28.7 Å². The lowest BCUT2D eigenvalue weighted by molar-refractivity contribution is -0.123. The first-order chi connectivity index (χ1) is 17.0. The van der Waals surface area contributed by atoms with Crippen molar-refractivity contribution < 1.29 is 38.8 Å². The van der Waals surface area contributed by atoms with Crippen molar-refractivity contribution in [2.24, 2.45) is 0 Å². The van der Waals surface area contributed by atoms with Crippen molar-refractivity contribution in [3.05, 3.63) is 64.1 Å². The Balaban J connectivity index is 1.62. The fourth-order valence-corrected chi connectivity index (χ4v) is 4.53. The van der Waals surface area contributed by atoms with Gasteiger partial charge in [0, 0.05) is 23.9 Å². The molecule has 4 rings (SSSR count). The summed E-state index contributed by atoms with van der Waals surface area (Å²) in [5.41, 5.74) is -1.33. The summed E-state index contributed by atoms with van der Waals surface area (Å²) in [5.74, 6) is -1.20. The molecule has 0 amide bonds. The van der Waals surface area contributed by atoms with Gasteiger partial charge in [-0.1, -0.05) is 0 Å². The summed E-state index contributed by atoms with van der Waals surface area (Å²) < 4.78 is 16.6. The number of hydrogen-bond donors (Lipinski definition) is 3. The zero-order valence-electron chi connectivity index (χ0n) is 20.6. The third-order valence-electron chi connectivity index (χ3n) is 6.58. The molecule has 188 valence electrons. The van der Waals surface area contributed by atoms with Crippen LogP contribution in [0.5, 0.6) is 28.7 Å². The van der Waals surface area contributed by atoms with Gasteiger partial charge in [-0.3, -0.25) is 14.4 Å². The number of methoxy groups -OCH3 is 1. The van der Waals surface area contributed by atoms with E-state index in [0.29, 0.717) is 23.7 Å². The first kappa shape index (κ1) is 24.8. The van der Waals surface area contributed by atoms with Crippen LogP contribution < -0.4 is 19.5 Å². The number of allylic oxidation sites excluding steroid dienone is 4. The maximum atomic E-state index is 13.7. The van der Waals surface area contributed by atoms with E-state index >= 15 is 0 Å². The van der Waals surface area contributed by atoms with E-state index in [2.05, 4.69) is 5.32 Å². The van der Waals surface area contributed by atoms with E-state index < -0.39 is 28.5 Å². The van der Waals surface area contributed by atoms with E-state index in [-0.39, 0.29) is 46.1 Å². The number of ketones is 3. The molecule has 0 saturated heterocycles. The molecule has 1 unspecified atom stereocenters. The summed E-state index contributed by atoms with van der Waals surface area (Å²) in [6, 6.07) is 7.08. The van der Waals surface area contributed by atoms with Gasteiger partial charge in [0.05, 0.1) is 18.2 Å². The topological polar surface area (TPSA) is 131 Å². The standard InChI is InChI=1S/C27H27NO8/c1-13-23(31)21(15(3)29)25-22(24(13)32)27(4)19(36-25)12-18(30)20(26(27)33)14(2)28-10-11-35-17-8-6-16(34-5)7-9-17/h6-9,12,28,31-32H,10-11H2,1-5H3. The van der Waals surface area contributed by atoms with Gasteiger partial charge >= 0.3 is 0 Å². The summed E-state index contributed by atoms with van der Waals surface area (Å²) in [4.78, 5) is 39.0. The van der Waals surface area contributed by atoms with E-state index in [0.717, 1.165) is 0 Å². The first-order valence-corrected chi connectivity index (χ1v) is 11.3. The minimum absolute atomic E-state index is 0.00492. The van der Waals surface area contributed by atoms with Crippen molar-refractivity contribution in [1.29, 1.82) is 0 Å². The van der Waals surface area contributed by atoms with E-state index in [4.69, 9.17) is 14.2 Å². The zero-order valence-corrected chi connectivity index (χ0v) is 20.6. The maximum absolute atomic E-state index is 13.7. The minimum Gasteiger partial charge on any atom is -0.507 e. The zero-order chi connectivity index (χ0) is 26.4. The first-order valence-electron chi connectivity index (χ1n) is 11.3. The number of hydrogen-bond acceptors (Lipinski definition) is 9. The average molecular weight is 494 g/mol. The summed E-state index contributed by atoms with van der Waals surface area (Å²) in [6.07, 6.45) is 1.19. The summed E-state index contributed by atoms with van der Waals surface area (Å²) >= 11 is 0. The normalized spacial score (nSPS) is 19.6. The predicted octanol–water partition coefficient (Wildman–Crippen LogP) is 3.25. The number of phenolic OH excluding ortho intramolecular Hbond substituents is 2. The van der Waals surface area contributed by atoms with Crippen molar-refractivity contribution in [2.75, 3.05) is 20.3 Å². The van der Waals surface area contributed by atoms with Crippen LogP contribution in [-0.4, -0.2) is 47.8 Å². The maximum Gasteiger partial charge on any atom is 0.194 e. The molecule has 36 heavy (non-hydrogen) atoms. The molecule has 1 aliphatic carbocycles. The van der Waals surface area contributed by atoms with Crippen molar-refractivity contribution >= 4 is 17.3 Å². The fraction of sp³-hybridized carbons (Fsp3) is 0.296. The van der Waals surface area contributed by atoms with Crippen LogP contribution in [0, 0.1) is 6.92 Å². The second-order valence-corrected chi connectivity index (χ2v) is 8.84. The van der Waals surface area contributed by atoms with Gasteiger partial charge in [-0.25, -0.2) is 0 Å². The molecule has 0 saturated carbocycles. The number of benzene rings is 2. The Morgan fingerprint density at radius 3 is 2.33 bits per heavy atom. The molecular weight excluding hydrogens is 466 g/mol. The molecule has 0 bridgehead atoms. The van der Waals surface area contributed by atoms with E-state index in [1.807, 2.05) is 0 Å². The van der Waals surface area contributed by atoms with Gasteiger partial charge in [0.15, 0.2) is 17.3 Å². The lowest BCUT2D eigenvalue weighted by Crippen LogP contribution is -2.41. The molecule has 2 aromatic rings. The predicted molar refractivity (Wildman–Crippen MR) is 130 cm³/mol. The second-order valence-electron chi connectivity index (χ2n) is 8.84. The van der Waals surface area contributed by atoms with Crippen LogP contribution in [0.2, 0.25) is 0 Å².